The van der Waals surface area contributed by atoms with Crippen molar-refractivity contribution in [3.05, 3.63) is 71.8 Å². The Bertz CT molecular complexity index is 2690. The molecule has 0 aliphatic rings. The normalized spacial score (nSPS) is 13.5. The number of hydrogen-bond acceptors (Lipinski definition) is 16. The molecule has 0 aromatic heterocycles. The molecular formula is C72H110N4O18. The van der Waals surface area contributed by atoms with E-state index in [4.69, 9.17) is 30.4 Å². The van der Waals surface area contributed by atoms with Crippen LogP contribution >= 0.6 is 0 Å². The van der Waals surface area contributed by atoms with Crippen molar-refractivity contribution < 1.29 is 87.3 Å². The quantitative estimate of drug-likeness (QED) is 0.0132. The fraction of sp³-hybridized carbons (Fsp3) is 0.639. The summed E-state index contributed by atoms with van der Waals surface area (Å²) in [6.07, 6.45) is 24.3. The molecule has 22 nitrogen and oxygen atoms in total. The van der Waals surface area contributed by atoms with E-state index in [1.807, 2.05) is 0 Å². The number of amides is 4. The van der Waals surface area contributed by atoms with Gasteiger partial charge in [0.05, 0.1) is 45.5 Å². The lowest BCUT2D eigenvalue weighted by Crippen LogP contribution is -2.56. The number of rotatable bonds is 53. The van der Waals surface area contributed by atoms with E-state index < -0.39 is 95.5 Å². The summed E-state index contributed by atoms with van der Waals surface area (Å²) in [5.41, 5.74) is 6.22. The number of benzene rings is 2. The topological polar surface area (TPSA) is 365 Å². The standard InChI is InChI=1S/C36H58N2O9.C36H52N2O9/c2*1-4-6-8-11-14-17-28(39)18-15-12-9-10-13-16-19-30(36(45,35(43)44)26-32(37)40)33(41)38-31(34(42)46-3)25-27-20-22-29(23-21-27)47-24-7-5-2/h20-23,30-31,45H,4-19,24-26H2,1-3H3,(H2,37,40)(H,38,41)(H,43,44);16,19-23,30-31,45H,4,6,8-15,17-18,24-26H2,1-3H3,(H2,37,40)(H,38,41)(H,43,44)/b;19-16+/t2*30-,31+,36+/m11/s1. The number of esters is 2. The first-order valence-corrected chi connectivity index (χ1v) is 33.7. The van der Waals surface area contributed by atoms with E-state index in [-0.39, 0.29) is 31.7 Å². The summed E-state index contributed by atoms with van der Waals surface area (Å²) < 4.78 is 20.9. The number of hydrogen-bond donors (Lipinski definition) is 8. The summed E-state index contributed by atoms with van der Waals surface area (Å²) in [5.74, 6) is -5.15. The van der Waals surface area contributed by atoms with Gasteiger partial charge in [0, 0.05) is 38.5 Å². The molecule has 4 amide bonds. The van der Waals surface area contributed by atoms with Crippen LogP contribution in [0.5, 0.6) is 11.5 Å². The molecule has 0 bridgehead atoms. The zero-order chi connectivity index (χ0) is 70.2. The maximum Gasteiger partial charge on any atom is 0.337 e. The Balaban J connectivity index is 0.000000940. The van der Waals surface area contributed by atoms with Crippen molar-refractivity contribution in [2.45, 2.75) is 256 Å². The fourth-order valence-electron chi connectivity index (χ4n) is 10.5. The molecule has 0 aliphatic carbocycles. The van der Waals surface area contributed by atoms with E-state index in [1.165, 1.54) is 51.7 Å². The van der Waals surface area contributed by atoms with Gasteiger partial charge in [0.15, 0.2) is 11.2 Å². The molecule has 0 fully saturated rings. The molecule has 10 N–H and O–H groups in total. The van der Waals surface area contributed by atoms with Gasteiger partial charge in [-0.1, -0.05) is 166 Å². The molecule has 6 atom stereocenters. The van der Waals surface area contributed by atoms with Gasteiger partial charge in [0.1, 0.15) is 41.8 Å². The van der Waals surface area contributed by atoms with Gasteiger partial charge >= 0.3 is 23.9 Å². The number of carboxylic acid groups (broad SMARTS) is 2. The van der Waals surface area contributed by atoms with Gasteiger partial charge in [-0.25, -0.2) is 19.2 Å². The van der Waals surface area contributed by atoms with Crippen LogP contribution < -0.4 is 31.6 Å². The van der Waals surface area contributed by atoms with Crippen LogP contribution in [-0.2, 0) is 70.3 Å². The number of aliphatic hydroxyl groups is 2. The third kappa shape index (κ3) is 35.6. The first-order valence-electron chi connectivity index (χ1n) is 33.7. The van der Waals surface area contributed by atoms with Crippen LogP contribution in [0.25, 0.3) is 0 Å². The van der Waals surface area contributed by atoms with Gasteiger partial charge in [0.2, 0.25) is 23.6 Å². The van der Waals surface area contributed by atoms with Crippen molar-refractivity contribution in [2.75, 3.05) is 27.4 Å². The van der Waals surface area contributed by atoms with E-state index >= 15 is 0 Å². The Morgan fingerprint density at radius 1 is 0.521 bits per heavy atom. The van der Waals surface area contributed by atoms with Gasteiger partial charge in [0.25, 0.3) is 0 Å². The minimum absolute atomic E-state index is 0.00737. The zero-order valence-electron chi connectivity index (χ0n) is 56.8. The molecule has 0 radical (unpaired) electrons. The number of ketones is 2. The smallest absolute Gasteiger partial charge is 0.337 e. The molecule has 2 aromatic carbocycles. The first kappa shape index (κ1) is 84.4. The number of unbranched alkanes of at least 4 members (excludes halogenated alkanes) is 18. The van der Waals surface area contributed by atoms with E-state index in [2.05, 4.69) is 43.2 Å². The summed E-state index contributed by atoms with van der Waals surface area (Å²) in [6.45, 7) is 8.87. The molecule has 2 aromatic rings. The minimum atomic E-state index is -2.86. The van der Waals surface area contributed by atoms with Crippen LogP contribution in [-0.4, -0.2) is 130 Å². The number of Topliss-reactive ketones (excluding diaryl/α,β-unsaturated/α-hetero) is 2. The van der Waals surface area contributed by atoms with Crippen LogP contribution in [0.1, 0.15) is 231 Å². The Morgan fingerprint density at radius 3 is 1.33 bits per heavy atom. The fourth-order valence-corrected chi connectivity index (χ4v) is 10.5. The van der Waals surface area contributed by atoms with E-state index in [0.29, 0.717) is 86.4 Å². The first-order chi connectivity index (χ1) is 45.0. The van der Waals surface area contributed by atoms with Crippen LogP contribution in [0.15, 0.2) is 60.7 Å². The van der Waals surface area contributed by atoms with Crippen molar-refractivity contribution in [1.29, 1.82) is 0 Å². The highest BCUT2D eigenvalue weighted by Gasteiger charge is 2.50. The molecular weight excluding hydrogens is 1210 g/mol. The van der Waals surface area contributed by atoms with Gasteiger partial charge < -0.3 is 61.5 Å². The Labute approximate surface area is 557 Å². The number of carbonyl (C=O) groups excluding carboxylic acids is 8. The number of methoxy groups -OCH3 is 2. The third-order valence-electron chi connectivity index (χ3n) is 16.1. The zero-order valence-corrected chi connectivity index (χ0v) is 56.8. The summed E-state index contributed by atoms with van der Waals surface area (Å²) >= 11 is 0. The average Bonchev–Trinajstić information content (AvgIpc) is 0.816. The Hall–Kier alpha value is -7.64. The van der Waals surface area contributed by atoms with Crippen molar-refractivity contribution in [3.63, 3.8) is 0 Å². The predicted molar refractivity (Wildman–Crippen MR) is 358 cm³/mol. The summed E-state index contributed by atoms with van der Waals surface area (Å²) in [5, 5.41) is 47.0. The highest BCUT2D eigenvalue weighted by atomic mass is 16.5. The van der Waals surface area contributed by atoms with Crippen LogP contribution in [0.3, 0.4) is 0 Å². The van der Waals surface area contributed by atoms with Crippen LogP contribution in [0, 0.1) is 23.7 Å². The number of nitrogens with two attached hydrogens (primary N) is 2. The van der Waals surface area contributed by atoms with Gasteiger partial charge in [-0.15, -0.1) is 5.92 Å². The number of nitrogens with one attached hydrogen (secondary N) is 2. The number of carboxylic acids is 2. The van der Waals surface area contributed by atoms with E-state index in [1.54, 1.807) is 61.5 Å². The van der Waals surface area contributed by atoms with Crippen molar-refractivity contribution in [1.82, 2.24) is 10.6 Å². The second kappa shape index (κ2) is 49.9. The van der Waals surface area contributed by atoms with Crippen molar-refractivity contribution >= 4 is 59.1 Å². The number of primary amides is 2. The van der Waals surface area contributed by atoms with Gasteiger partial charge in [-0.2, -0.15) is 0 Å². The Kier molecular flexibility index (Phi) is 44.8. The SMILES string of the molecule is CC#CCOc1ccc(C[C@H](NC(=O)[C@@H](/C=C/CCCCCCC(=O)CCCCCCC)[C@@](O)(CC(N)=O)C(=O)O)C(=O)OC)cc1.CCCCCCCC(=O)CCCCCCCC[C@H](C(=O)N[C@@H](Cc1ccc(OCCCC)cc1)C(=O)OC)[C@@](O)(CC(N)=O)C(=O)O. The van der Waals surface area contributed by atoms with Gasteiger partial charge in [-0.05, 0) is 93.7 Å². The molecule has 0 spiro atoms. The number of carbonyl (C=O) groups is 10. The maximum absolute atomic E-state index is 13.5. The average molecular weight is 1320 g/mol. The number of allylic oxidation sites excluding steroid dienone is 1. The van der Waals surface area contributed by atoms with Crippen molar-refractivity contribution in [2.24, 2.45) is 23.3 Å². The Morgan fingerprint density at radius 2 is 0.915 bits per heavy atom. The molecule has 0 unspecified atom stereocenters. The summed E-state index contributed by atoms with van der Waals surface area (Å²) in [6, 6.07) is 11.4. The predicted octanol–water partition coefficient (Wildman–Crippen LogP) is 9.85. The molecule has 0 heterocycles. The summed E-state index contributed by atoms with van der Waals surface area (Å²) in [4.78, 5) is 124. The molecule has 0 saturated heterocycles. The molecule has 0 saturated carbocycles. The maximum atomic E-state index is 13.5. The second-order valence-electron chi connectivity index (χ2n) is 24.0. The van der Waals surface area contributed by atoms with Gasteiger partial charge in [-0.3, -0.25) is 28.8 Å². The van der Waals surface area contributed by atoms with E-state index in [0.717, 1.165) is 90.6 Å². The van der Waals surface area contributed by atoms with E-state index in [9.17, 15) is 68.4 Å². The molecule has 94 heavy (non-hydrogen) atoms. The number of ether oxygens (including phenoxy) is 4. The largest absolute Gasteiger partial charge is 0.494 e. The highest BCUT2D eigenvalue weighted by molar-refractivity contribution is 5.96. The lowest BCUT2D eigenvalue weighted by Gasteiger charge is -2.32. The number of aliphatic carboxylic acids is 2. The molecule has 0 aliphatic heterocycles. The van der Waals surface area contributed by atoms with Crippen LogP contribution in [0.4, 0.5) is 0 Å². The molecule has 2 rings (SSSR count). The summed E-state index contributed by atoms with van der Waals surface area (Å²) in [7, 11) is 2.32. The molecule has 22 heteroatoms. The monoisotopic (exact) mass is 1320 g/mol. The second-order valence-corrected chi connectivity index (χ2v) is 24.0. The minimum Gasteiger partial charge on any atom is -0.494 e. The lowest BCUT2D eigenvalue weighted by atomic mass is 9.79. The van der Waals surface area contributed by atoms with Crippen molar-refractivity contribution in [3.8, 4) is 23.3 Å². The third-order valence-corrected chi connectivity index (χ3v) is 16.1. The lowest BCUT2D eigenvalue weighted by molar-refractivity contribution is -0.172. The molecule has 526 valence electrons. The highest BCUT2D eigenvalue weighted by Crippen LogP contribution is 2.30. The van der Waals surface area contributed by atoms with Crippen LogP contribution in [0.2, 0.25) is 0 Å².